The second kappa shape index (κ2) is 12.9. The van der Waals surface area contributed by atoms with Crippen LogP contribution in [0.15, 0.2) is 77.7 Å². The summed E-state index contributed by atoms with van der Waals surface area (Å²) in [6.07, 6.45) is 0.709. The number of hydrogen-bond donors (Lipinski definition) is 1. The van der Waals surface area contributed by atoms with Gasteiger partial charge in [-0.3, -0.25) is 13.9 Å². The van der Waals surface area contributed by atoms with Gasteiger partial charge in [0.25, 0.3) is 10.0 Å². The number of nitrogens with one attached hydrogen (secondary N) is 1. The minimum atomic E-state index is -4.13. The van der Waals surface area contributed by atoms with Gasteiger partial charge < -0.3 is 10.2 Å². The molecule has 0 unspecified atom stereocenters. The van der Waals surface area contributed by atoms with E-state index >= 15 is 0 Å². The van der Waals surface area contributed by atoms with E-state index in [1.807, 2.05) is 20.8 Å². The Balaban J connectivity index is 2.03. The second-order valence-corrected chi connectivity index (χ2v) is 11.6. The van der Waals surface area contributed by atoms with Crippen LogP contribution in [0.1, 0.15) is 43.9 Å². The number of aryl methyl sites for hydroxylation is 2. The lowest BCUT2D eigenvalue weighted by Gasteiger charge is -2.33. The maximum atomic E-state index is 13.9. The fourth-order valence-electron chi connectivity index (χ4n) is 4.03. The minimum absolute atomic E-state index is 0.000394. The number of carbonyl (C=O) groups excluding carboxylic acids is 2. The molecule has 3 aromatic carbocycles. The summed E-state index contributed by atoms with van der Waals surface area (Å²) in [5.41, 5.74) is 2.55. The van der Waals surface area contributed by atoms with Crippen molar-refractivity contribution in [2.24, 2.45) is 0 Å². The highest BCUT2D eigenvalue weighted by Gasteiger charge is 2.33. The fourth-order valence-corrected chi connectivity index (χ4v) is 5.51. The summed E-state index contributed by atoms with van der Waals surface area (Å²) in [5.74, 6) is -1.34. The van der Waals surface area contributed by atoms with Gasteiger partial charge in [-0.25, -0.2) is 12.8 Å². The molecule has 0 radical (unpaired) electrons. The lowest BCUT2D eigenvalue weighted by molar-refractivity contribution is -0.139. The molecule has 2 amide bonds. The summed E-state index contributed by atoms with van der Waals surface area (Å²) in [4.78, 5) is 28.4. The van der Waals surface area contributed by atoms with Crippen LogP contribution in [-0.2, 0) is 26.2 Å². The van der Waals surface area contributed by atoms with Crippen LogP contribution in [0.5, 0.6) is 0 Å². The van der Waals surface area contributed by atoms with E-state index in [1.54, 1.807) is 50.2 Å². The number of amides is 2. The van der Waals surface area contributed by atoms with Crippen molar-refractivity contribution in [3.8, 4) is 0 Å². The van der Waals surface area contributed by atoms with Crippen LogP contribution < -0.4 is 9.62 Å². The van der Waals surface area contributed by atoms with Gasteiger partial charge in [-0.1, -0.05) is 55.0 Å². The van der Waals surface area contributed by atoms with Crippen molar-refractivity contribution in [1.82, 2.24) is 10.2 Å². The highest BCUT2D eigenvalue weighted by Crippen LogP contribution is 2.27. The topological polar surface area (TPSA) is 86.8 Å². The van der Waals surface area contributed by atoms with E-state index in [0.29, 0.717) is 23.2 Å². The molecule has 208 valence electrons. The number of nitrogens with zero attached hydrogens (tertiary/aromatic N) is 2. The lowest BCUT2D eigenvalue weighted by atomic mass is 10.1. The van der Waals surface area contributed by atoms with Gasteiger partial charge in [0.05, 0.1) is 10.6 Å². The first kappa shape index (κ1) is 29.8. The number of carbonyl (C=O) groups is 2. The molecular weight excluding hydrogens is 517 g/mol. The number of benzene rings is 3. The Morgan fingerprint density at radius 3 is 2.13 bits per heavy atom. The molecule has 0 bridgehead atoms. The van der Waals surface area contributed by atoms with Gasteiger partial charge in [0.1, 0.15) is 18.4 Å². The summed E-state index contributed by atoms with van der Waals surface area (Å²) in [6.45, 7) is 8.52. The third-order valence-electron chi connectivity index (χ3n) is 6.71. The first-order valence-electron chi connectivity index (χ1n) is 12.9. The van der Waals surface area contributed by atoms with Crippen molar-refractivity contribution in [3.63, 3.8) is 0 Å². The Labute approximate surface area is 230 Å². The minimum Gasteiger partial charge on any atom is -0.352 e. The van der Waals surface area contributed by atoms with Crippen molar-refractivity contribution in [2.75, 3.05) is 10.8 Å². The first-order chi connectivity index (χ1) is 18.4. The monoisotopic (exact) mass is 553 g/mol. The third-order valence-corrected chi connectivity index (χ3v) is 8.48. The van der Waals surface area contributed by atoms with Crippen molar-refractivity contribution < 1.29 is 22.4 Å². The first-order valence-corrected chi connectivity index (χ1v) is 14.4. The molecule has 0 spiro atoms. The van der Waals surface area contributed by atoms with Gasteiger partial charge in [-0.15, -0.1) is 0 Å². The lowest BCUT2D eigenvalue weighted by Crippen LogP contribution is -2.52. The Bertz CT molecular complexity index is 1390. The van der Waals surface area contributed by atoms with Crippen molar-refractivity contribution in [3.05, 3.63) is 95.3 Å². The molecule has 0 aromatic heterocycles. The van der Waals surface area contributed by atoms with Crippen LogP contribution in [0.25, 0.3) is 0 Å². The standard InChI is InChI=1S/C30H36FN3O4S/c1-6-23(4)32-30(36)24(5)33(19-25-13-15-26(31)16-14-25)29(35)20-34(28-10-8-7-9-22(28)3)39(37,38)27-17-11-21(2)12-18-27/h7-18,23-24H,6,19-20H2,1-5H3,(H,32,36)/t23-,24-/m1/s1. The van der Waals surface area contributed by atoms with Gasteiger partial charge in [0.2, 0.25) is 11.8 Å². The zero-order chi connectivity index (χ0) is 28.7. The molecule has 2 atom stereocenters. The normalized spacial score (nSPS) is 12.9. The molecule has 3 aromatic rings. The molecule has 0 aliphatic carbocycles. The van der Waals surface area contributed by atoms with Crippen LogP contribution in [0.3, 0.4) is 0 Å². The van der Waals surface area contributed by atoms with E-state index in [-0.39, 0.29) is 23.4 Å². The Morgan fingerprint density at radius 1 is 0.923 bits per heavy atom. The van der Waals surface area contributed by atoms with E-state index in [1.165, 1.54) is 41.3 Å². The third kappa shape index (κ3) is 7.44. The Hall–Kier alpha value is -3.72. The molecule has 39 heavy (non-hydrogen) atoms. The van der Waals surface area contributed by atoms with Gasteiger partial charge >= 0.3 is 0 Å². The van der Waals surface area contributed by atoms with E-state index in [9.17, 15) is 22.4 Å². The summed E-state index contributed by atoms with van der Waals surface area (Å²) in [6, 6.07) is 18.0. The van der Waals surface area contributed by atoms with Crippen molar-refractivity contribution in [1.29, 1.82) is 0 Å². The summed E-state index contributed by atoms with van der Waals surface area (Å²) < 4.78 is 42.4. The molecule has 0 heterocycles. The molecule has 0 aliphatic heterocycles. The van der Waals surface area contributed by atoms with E-state index < -0.39 is 34.3 Å². The molecule has 0 saturated carbocycles. The predicted molar refractivity (Wildman–Crippen MR) is 151 cm³/mol. The van der Waals surface area contributed by atoms with Crippen LogP contribution in [0.4, 0.5) is 10.1 Å². The quantitative estimate of drug-likeness (QED) is 0.363. The molecule has 0 saturated heterocycles. The largest absolute Gasteiger partial charge is 0.352 e. The predicted octanol–water partition coefficient (Wildman–Crippen LogP) is 4.97. The average molecular weight is 554 g/mol. The number of para-hydroxylation sites is 1. The van der Waals surface area contributed by atoms with Gasteiger partial charge in [0, 0.05) is 12.6 Å². The van der Waals surface area contributed by atoms with E-state index in [2.05, 4.69) is 5.32 Å². The summed E-state index contributed by atoms with van der Waals surface area (Å²) in [5, 5.41) is 2.89. The van der Waals surface area contributed by atoms with Crippen LogP contribution in [0, 0.1) is 19.7 Å². The molecule has 7 nitrogen and oxygen atoms in total. The molecule has 0 fully saturated rings. The number of sulfonamides is 1. The zero-order valence-corrected chi connectivity index (χ0v) is 23.8. The van der Waals surface area contributed by atoms with Crippen LogP contribution >= 0.6 is 0 Å². The highest BCUT2D eigenvalue weighted by molar-refractivity contribution is 7.92. The zero-order valence-electron chi connectivity index (χ0n) is 23.0. The number of halogens is 1. The summed E-state index contributed by atoms with van der Waals surface area (Å²) in [7, 11) is -4.13. The number of hydrogen-bond acceptors (Lipinski definition) is 4. The maximum Gasteiger partial charge on any atom is 0.264 e. The second-order valence-electron chi connectivity index (χ2n) is 9.75. The van der Waals surface area contributed by atoms with Crippen LogP contribution in [0.2, 0.25) is 0 Å². The molecule has 0 aliphatic rings. The van der Waals surface area contributed by atoms with E-state index in [4.69, 9.17) is 0 Å². The van der Waals surface area contributed by atoms with Gasteiger partial charge in [-0.05, 0) is 75.6 Å². The van der Waals surface area contributed by atoms with Gasteiger partial charge in [0.15, 0.2) is 0 Å². The van der Waals surface area contributed by atoms with Crippen LogP contribution in [-0.4, -0.2) is 43.8 Å². The van der Waals surface area contributed by atoms with Crippen molar-refractivity contribution >= 4 is 27.5 Å². The smallest absolute Gasteiger partial charge is 0.264 e. The van der Waals surface area contributed by atoms with Crippen molar-refractivity contribution in [2.45, 2.75) is 64.6 Å². The fraction of sp³-hybridized carbons (Fsp3) is 0.333. The maximum absolute atomic E-state index is 13.9. The summed E-state index contributed by atoms with van der Waals surface area (Å²) >= 11 is 0. The Morgan fingerprint density at radius 2 is 1.54 bits per heavy atom. The molecular formula is C30H36FN3O4S. The number of rotatable bonds is 11. The number of anilines is 1. The Kier molecular flexibility index (Phi) is 9.86. The molecule has 9 heteroatoms. The molecule has 1 N–H and O–H groups in total. The van der Waals surface area contributed by atoms with Gasteiger partial charge in [-0.2, -0.15) is 0 Å². The molecule has 3 rings (SSSR count). The average Bonchev–Trinajstić information content (AvgIpc) is 2.91. The SMILES string of the molecule is CC[C@@H](C)NC(=O)[C@@H](C)N(Cc1ccc(F)cc1)C(=O)CN(c1ccccc1C)S(=O)(=O)c1ccc(C)cc1. The van der Waals surface area contributed by atoms with E-state index in [0.717, 1.165) is 9.87 Å². The highest BCUT2D eigenvalue weighted by atomic mass is 32.2.